The van der Waals surface area contributed by atoms with Crippen molar-refractivity contribution in [3.63, 3.8) is 0 Å². The highest BCUT2D eigenvalue weighted by atomic mass is 32.1. The first-order valence-corrected chi connectivity index (χ1v) is 9.24. The first-order chi connectivity index (χ1) is 11.1. The summed E-state index contributed by atoms with van der Waals surface area (Å²) in [6.07, 6.45) is 2.51. The molecule has 2 aromatic rings. The normalized spacial score (nSPS) is 16.8. The number of nitrogens with two attached hydrogens (primary N) is 1. The third-order valence-corrected chi connectivity index (χ3v) is 5.50. The van der Waals surface area contributed by atoms with Gasteiger partial charge in [0, 0.05) is 11.6 Å². The van der Waals surface area contributed by atoms with Crippen molar-refractivity contribution in [2.24, 2.45) is 5.92 Å². The lowest BCUT2D eigenvalue weighted by atomic mass is 10.0. The van der Waals surface area contributed by atoms with E-state index >= 15 is 0 Å². The van der Waals surface area contributed by atoms with Gasteiger partial charge in [-0.15, -0.1) is 11.3 Å². The smallest absolute Gasteiger partial charge is 0.275 e. The number of hydrogen-bond acceptors (Lipinski definition) is 2. The molecule has 3 nitrogen and oxygen atoms in total. The van der Waals surface area contributed by atoms with E-state index in [0.29, 0.717) is 18.5 Å². The minimum absolute atomic E-state index is 0.137. The number of amides is 1. The van der Waals surface area contributed by atoms with Gasteiger partial charge in [0.05, 0.1) is 4.88 Å². The molecular formula is C19H25N2OS+. The predicted molar refractivity (Wildman–Crippen MR) is 94.5 cm³/mol. The molecular weight excluding hydrogens is 304 g/mol. The minimum Gasteiger partial charge on any atom is -0.348 e. The quantitative estimate of drug-likeness (QED) is 0.806. The number of hydrogen-bond donors (Lipinski definition) is 2. The largest absolute Gasteiger partial charge is 0.348 e. The lowest BCUT2D eigenvalue weighted by Crippen LogP contribution is -2.87. The van der Waals surface area contributed by atoms with E-state index in [-0.39, 0.29) is 11.9 Å². The number of carbonyl (C=O) groups is 1. The van der Waals surface area contributed by atoms with Gasteiger partial charge in [0.2, 0.25) is 0 Å². The molecule has 1 heterocycles. The highest BCUT2D eigenvalue weighted by Gasteiger charge is 2.29. The van der Waals surface area contributed by atoms with Crippen LogP contribution in [0.2, 0.25) is 0 Å². The third kappa shape index (κ3) is 4.43. The molecule has 23 heavy (non-hydrogen) atoms. The van der Waals surface area contributed by atoms with E-state index in [2.05, 4.69) is 66.3 Å². The maximum absolute atomic E-state index is 12.2. The van der Waals surface area contributed by atoms with Gasteiger partial charge in [-0.1, -0.05) is 35.9 Å². The molecule has 0 unspecified atom stereocenters. The van der Waals surface area contributed by atoms with Crippen LogP contribution in [0.15, 0.2) is 41.8 Å². The van der Waals surface area contributed by atoms with Gasteiger partial charge in [-0.05, 0) is 44.1 Å². The van der Waals surface area contributed by atoms with E-state index in [1.54, 1.807) is 11.3 Å². The van der Waals surface area contributed by atoms with E-state index in [1.807, 2.05) is 0 Å². The average molecular weight is 329 g/mol. The van der Waals surface area contributed by atoms with Crippen LogP contribution < -0.4 is 10.6 Å². The molecule has 2 atom stereocenters. The Bertz CT molecular complexity index is 632. The van der Waals surface area contributed by atoms with E-state index in [0.717, 1.165) is 0 Å². The molecule has 1 fully saturated rings. The summed E-state index contributed by atoms with van der Waals surface area (Å²) in [4.78, 5) is 13.5. The fourth-order valence-electron chi connectivity index (χ4n) is 2.91. The van der Waals surface area contributed by atoms with Crippen LogP contribution in [0.4, 0.5) is 0 Å². The zero-order valence-electron chi connectivity index (χ0n) is 13.8. The summed E-state index contributed by atoms with van der Waals surface area (Å²) in [5, 5.41) is 7.38. The molecule has 0 aliphatic heterocycles. The molecule has 0 spiro atoms. The molecule has 122 valence electrons. The van der Waals surface area contributed by atoms with Gasteiger partial charge < -0.3 is 10.6 Å². The van der Waals surface area contributed by atoms with Crippen molar-refractivity contribution < 1.29 is 10.1 Å². The standard InChI is InChI=1S/C19H24N2OS/c1-13-5-7-16(8-6-13)19(17-4-3-11-23-17)20-12-18(22)21-14(2)15-9-10-15/h3-8,11,14-15,19-20H,9-10,12H2,1-2H3,(H,21,22)/p+1/t14-,19-/m1/s1. The summed E-state index contributed by atoms with van der Waals surface area (Å²) in [6.45, 7) is 4.68. The second-order valence-electron chi connectivity index (χ2n) is 6.54. The van der Waals surface area contributed by atoms with E-state index in [9.17, 15) is 4.79 Å². The molecule has 1 aromatic heterocycles. The summed E-state index contributed by atoms with van der Waals surface area (Å²) in [7, 11) is 0. The third-order valence-electron chi connectivity index (χ3n) is 4.54. The number of nitrogens with one attached hydrogen (secondary N) is 1. The van der Waals surface area contributed by atoms with Crippen LogP contribution in [0.3, 0.4) is 0 Å². The number of carbonyl (C=O) groups excluding carboxylic acids is 1. The van der Waals surface area contributed by atoms with Crippen LogP contribution in [0.1, 0.15) is 41.8 Å². The molecule has 3 rings (SSSR count). The topological polar surface area (TPSA) is 45.7 Å². The maximum Gasteiger partial charge on any atom is 0.275 e. The molecule has 1 amide bonds. The molecule has 4 heteroatoms. The summed E-state index contributed by atoms with van der Waals surface area (Å²) in [5.74, 6) is 0.835. The van der Waals surface area contributed by atoms with Gasteiger partial charge in [0.15, 0.2) is 6.54 Å². The SMILES string of the molecule is Cc1ccc([C@@H]([NH2+]CC(=O)N[C@H](C)C2CC2)c2cccs2)cc1. The Morgan fingerprint density at radius 2 is 2.04 bits per heavy atom. The predicted octanol–water partition coefficient (Wildman–Crippen LogP) is 2.62. The van der Waals surface area contributed by atoms with Crippen LogP contribution in [0.25, 0.3) is 0 Å². The minimum atomic E-state index is 0.137. The van der Waals surface area contributed by atoms with Crippen LogP contribution in [0.5, 0.6) is 0 Å². The number of benzene rings is 1. The van der Waals surface area contributed by atoms with Crippen molar-refractivity contribution in [2.45, 2.75) is 38.8 Å². The fourth-order valence-corrected chi connectivity index (χ4v) is 3.76. The van der Waals surface area contributed by atoms with Crippen LogP contribution >= 0.6 is 11.3 Å². The number of aryl methyl sites for hydroxylation is 1. The Labute approximate surface area is 142 Å². The highest BCUT2D eigenvalue weighted by molar-refractivity contribution is 7.10. The summed E-state index contributed by atoms with van der Waals surface area (Å²) < 4.78 is 0. The Balaban J connectivity index is 1.64. The van der Waals surface area contributed by atoms with Crippen molar-refractivity contribution in [2.75, 3.05) is 6.54 Å². The summed E-state index contributed by atoms with van der Waals surface area (Å²) in [6, 6.07) is 13.3. The first kappa shape index (κ1) is 16.2. The van der Waals surface area contributed by atoms with Crippen molar-refractivity contribution in [3.05, 3.63) is 57.8 Å². The van der Waals surface area contributed by atoms with Gasteiger partial charge in [-0.3, -0.25) is 4.79 Å². The van der Waals surface area contributed by atoms with Gasteiger partial charge in [0.25, 0.3) is 5.91 Å². The van der Waals surface area contributed by atoms with Crippen molar-refractivity contribution in [3.8, 4) is 0 Å². The lowest BCUT2D eigenvalue weighted by Gasteiger charge is -2.17. The monoisotopic (exact) mass is 329 g/mol. The van der Waals surface area contributed by atoms with Crippen molar-refractivity contribution in [1.29, 1.82) is 0 Å². The Morgan fingerprint density at radius 1 is 1.30 bits per heavy atom. The number of quaternary nitrogens is 1. The van der Waals surface area contributed by atoms with Crippen molar-refractivity contribution >= 4 is 17.2 Å². The zero-order chi connectivity index (χ0) is 16.2. The first-order valence-electron chi connectivity index (χ1n) is 8.36. The Hall–Kier alpha value is -1.65. The van der Waals surface area contributed by atoms with Crippen LogP contribution in [-0.4, -0.2) is 18.5 Å². The molecule has 1 aromatic carbocycles. The second kappa shape index (κ2) is 7.28. The number of thiophene rings is 1. The summed E-state index contributed by atoms with van der Waals surface area (Å²) in [5.41, 5.74) is 2.51. The van der Waals surface area contributed by atoms with E-state index in [1.165, 1.54) is 28.8 Å². The second-order valence-corrected chi connectivity index (χ2v) is 7.52. The Morgan fingerprint density at radius 3 is 2.65 bits per heavy atom. The van der Waals surface area contributed by atoms with Gasteiger partial charge >= 0.3 is 0 Å². The zero-order valence-corrected chi connectivity index (χ0v) is 14.6. The summed E-state index contributed by atoms with van der Waals surface area (Å²) >= 11 is 1.75. The van der Waals surface area contributed by atoms with Crippen LogP contribution in [-0.2, 0) is 4.79 Å². The van der Waals surface area contributed by atoms with Gasteiger partial charge in [-0.2, -0.15) is 0 Å². The Kier molecular flexibility index (Phi) is 5.13. The van der Waals surface area contributed by atoms with Crippen molar-refractivity contribution in [1.82, 2.24) is 5.32 Å². The van der Waals surface area contributed by atoms with E-state index in [4.69, 9.17) is 0 Å². The lowest BCUT2D eigenvalue weighted by molar-refractivity contribution is -0.676. The molecule has 1 aliphatic rings. The van der Waals surface area contributed by atoms with E-state index < -0.39 is 0 Å². The van der Waals surface area contributed by atoms with Gasteiger partial charge in [-0.25, -0.2) is 0 Å². The maximum atomic E-state index is 12.2. The van der Waals surface area contributed by atoms with Crippen LogP contribution in [0, 0.1) is 12.8 Å². The average Bonchev–Trinajstić information content (AvgIpc) is 3.26. The highest BCUT2D eigenvalue weighted by Crippen LogP contribution is 2.32. The fraction of sp³-hybridized carbons (Fsp3) is 0.421. The molecule has 1 saturated carbocycles. The molecule has 1 aliphatic carbocycles. The van der Waals surface area contributed by atoms with Gasteiger partial charge in [0.1, 0.15) is 6.04 Å². The molecule has 3 N–H and O–H groups in total. The number of rotatable bonds is 7. The molecule has 0 saturated heterocycles. The molecule has 0 bridgehead atoms. The molecule has 0 radical (unpaired) electrons.